The first-order valence-corrected chi connectivity index (χ1v) is 8.20. The summed E-state index contributed by atoms with van der Waals surface area (Å²) in [6.07, 6.45) is 2.36. The largest absolute Gasteiger partial charge is 0.495 e. The summed E-state index contributed by atoms with van der Waals surface area (Å²) in [5, 5.41) is 4.39. The molecule has 0 radical (unpaired) electrons. The van der Waals surface area contributed by atoms with E-state index in [0.717, 1.165) is 27.9 Å². The molecule has 3 nitrogen and oxygen atoms in total. The molecule has 2 rings (SSSR count). The monoisotopic (exact) mass is 310 g/mol. The summed E-state index contributed by atoms with van der Waals surface area (Å²) in [4.78, 5) is 2.56. The van der Waals surface area contributed by atoms with Gasteiger partial charge in [-0.15, -0.1) is 0 Å². The summed E-state index contributed by atoms with van der Waals surface area (Å²) < 4.78 is 5.44. The molecular weight excluding hydrogens is 284 g/mol. The Hall–Kier alpha value is -0.930. The summed E-state index contributed by atoms with van der Waals surface area (Å²) in [7, 11) is 1.69. The Morgan fingerprint density at radius 2 is 2.00 bits per heavy atom. The molecule has 1 aromatic carbocycles. The number of likely N-dealkylation sites (tertiary alicyclic amines) is 1. The first kappa shape index (κ1) is 16.4. The number of hydrogen-bond donors (Lipinski definition) is 1. The van der Waals surface area contributed by atoms with E-state index in [1.54, 1.807) is 7.11 Å². The number of ether oxygens (including phenoxy) is 1. The number of piperidine rings is 1. The topological polar surface area (TPSA) is 24.5 Å². The van der Waals surface area contributed by atoms with Crippen LogP contribution in [0.15, 0.2) is 12.1 Å². The molecule has 0 atom stereocenters. The molecule has 1 heterocycles. The molecule has 1 aliphatic rings. The second-order valence-corrected chi connectivity index (χ2v) is 6.82. The quantitative estimate of drug-likeness (QED) is 0.882. The van der Waals surface area contributed by atoms with Crippen molar-refractivity contribution in [2.75, 3.05) is 32.1 Å². The van der Waals surface area contributed by atoms with E-state index in [1.165, 1.54) is 32.5 Å². The number of aryl methyl sites for hydroxylation is 1. The zero-order chi connectivity index (χ0) is 15.4. The molecule has 1 fully saturated rings. The molecule has 1 saturated heterocycles. The summed E-state index contributed by atoms with van der Waals surface area (Å²) >= 11 is 6.16. The molecule has 0 saturated carbocycles. The zero-order valence-corrected chi connectivity index (χ0v) is 14.3. The first-order valence-electron chi connectivity index (χ1n) is 7.82. The van der Waals surface area contributed by atoms with Gasteiger partial charge in [0.15, 0.2) is 0 Å². The highest BCUT2D eigenvalue weighted by atomic mass is 35.5. The Morgan fingerprint density at radius 1 is 1.33 bits per heavy atom. The number of halogens is 1. The fraction of sp³-hybridized carbons (Fsp3) is 0.647. The summed E-state index contributed by atoms with van der Waals surface area (Å²) in [6.45, 7) is 10.1. The van der Waals surface area contributed by atoms with Crippen LogP contribution >= 0.6 is 11.6 Å². The number of rotatable bonds is 5. The van der Waals surface area contributed by atoms with Gasteiger partial charge in [0, 0.05) is 36.8 Å². The molecular formula is C17H27ClN2O. The van der Waals surface area contributed by atoms with Gasteiger partial charge in [-0.2, -0.15) is 0 Å². The van der Waals surface area contributed by atoms with Gasteiger partial charge in [0.05, 0.1) is 12.8 Å². The molecule has 0 amide bonds. The molecule has 21 heavy (non-hydrogen) atoms. The van der Waals surface area contributed by atoms with E-state index in [1.807, 2.05) is 13.0 Å². The Kier molecular flexibility index (Phi) is 5.77. The third-order valence-electron chi connectivity index (χ3n) is 4.05. The van der Waals surface area contributed by atoms with E-state index < -0.39 is 0 Å². The minimum Gasteiger partial charge on any atom is -0.495 e. The van der Waals surface area contributed by atoms with Gasteiger partial charge in [0.2, 0.25) is 0 Å². The van der Waals surface area contributed by atoms with Gasteiger partial charge >= 0.3 is 0 Å². The minimum atomic E-state index is 0.517. The van der Waals surface area contributed by atoms with Crippen molar-refractivity contribution in [2.45, 2.75) is 39.7 Å². The lowest BCUT2D eigenvalue weighted by Gasteiger charge is -2.34. The van der Waals surface area contributed by atoms with Crippen molar-refractivity contribution in [3.05, 3.63) is 22.7 Å². The van der Waals surface area contributed by atoms with Crippen molar-refractivity contribution in [1.82, 2.24) is 4.90 Å². The smallest absolute Gasteiger partial charge is 0.143 e. The molecule has 1 aromatic rings. The van der Waals surface area contributed by atoms with Crippen LogP contribution in [0.2, 0.25) is 5.02 Å². The Labute approximate surface area is 133 Å². The van der Waals surface area contributed by atoms with E-state index in [-0.39, 0.29) is 0 Å². The predicted octanol–water partition coefficient (Wildman–Crippen LogP) is 4.19. The van der Waals surface area contributed by atoms with Crippen molar-refractivity contribution in [3.63, 3.8) is 0 Å². The van der Waals surface area contributed by atoms with Gasteiger partial charge in [-0.3, -0.25) is 0 Å². The maximum Gasteiger partial charge on any atom is 0.143 e. The second kappa shape index (κ2) is 7.37. The van der Waals surface area contributed by atoms with Crippen LogP contribution in [-0.2, 0) is 0 Å². The number of benzene rings is 1. The molecule has 0 aliphatic carbocycles. The average molecular weight is 311 g/mol. The Balaban J connectivity index is 1.96. The van der Waals surface area contributed by atoms with Crippen LogP contribution in [0.5, 0.6) is 5.75 Å². The molecule has 0 aromatic heterocycles. The fourth-order valence-corrected chi connectivity index (χ4v) is 3.09. The van der Waals surface area contributed by atoms with Crippen molar-refractivity contribution >= 4 is 17.3 Å². The van der Waals surface area contributed by atoms with E-state index in [4.69, 9.17) is 16.3 Å². The molecule has 1 N–H and O–H groups in total. The SMILES string of the molecule is COc1cc(Cl)c(C)cc1NC1CCN(CC(C)C)CC1. The van der Waals surface area contributed by atoms with Gasteiger partial charge < -0.3 is 15.0 Å². The standard InChI is InChI=1S/C17H27ClN2O/c1-12(2)11-20-7-5-14(6-8-20)19-16-9-13(3)15(18)10-17(16)21-4/h9-10,12,14,19H,5-8,11H2,1-4H3. The fourth-order valence-electron chi connectivity index (χ4n) is 2.94. The molecule has 0 bridgehead atoms. The Morgan fingerprint density at radius 3 is 2.57 bits per heavy atom. The minimum absolute atomic E-state index is 0.517. The normalized spacial score (nSPS) is 17.2. The number of anilines is 1. The number of nitrogens with zero attached hydrogens (tertiary/aromatic N) is 1. The van der Waals surface area contributed by atoms with E-state index in [0.29, 0.717) is 6.04 Å². The van der Waals surface area contributed by atoms with Crippen LogP contribution < -0.4 is 10.1 Å². The van der Waals surface area contributed by atoms with Crippen molar-refractivity contribution in [3.8, 4) is 5.75 Å². The van der Waals surface area contributed by atoms with Crippen LogP contribution in [-0.4, -0.2) is 37.7 Å². The molecule has 0 spiro atoms. The van der Waals surface area contributed by atoms with Crippen molar-refractivity contribution < 1.29 is 4.74 Å². The lowest BCUT2D eigenvalue weighted by Crippen LogP contribution is -2.40. The molecule has 1 aliphatic heterocycles. The maximum atomic E-state index is 6.16. The number of methoxy groups -OCH3 is 1. The van der Waals surface area contributed by atoms with Gasteiger partial charge in [0.25, 0.3) is 0 Å². The number of nitrogens with one attached hydrogen (secondary N) is 1. The van der Waals surface area contributed by atoms with Crippen LogP contribution in [0.25, 0.3) is 0 Å². The summed E-state index contributed by atoms with van der Waals surface area (Å²) in [5.41, 5.74) is 2.14. The maximum absolute atomic E-state index is 6.16. The van der Waals surface area contributed by atoms with Crippen LogP contribution in [0.1, 0.15) is 32.3 Å². The first-order chi connectivity index (χ1) is 9.99. The third kappa shape index (κ3) is 4.52. The lowest BCUT2D eigenvalue weighted by molar-refractivity contribution is 0.198. The van der Waals surface area contributed by atoms with Gasteiger partial charge in [-0.25, -0.2) is 0 Å². The van der Waals surface area contributed by atoms with E-state index in [9.17, 15) is 0 Å². The van der Waals surface area contributed by atoms with Gasteiger partial charge in [0.1, 0.15) is 5.75 Å². The molecule has 4 heteroatoms. The highest BCUT2D eigenvalue weighted by Gasteiger charge is 2.20. The second-order valence-electron chi connectivity index (χ2n) is 6.41. The zero-order valence-electron chi connectivity index (χ0n) is 13.6. The van der Waals surface area contributed by atoms with E-state index >= 15 is 0 Å². The average Bonchev–Trinajstić information content (AvgIpc) is 2.44. The lowest BCUT2D eigenvalue weighted by atomic mass is 10.0. The van der Waals surface area contributed by atoms with Crippen LogP contribution in [0, 0.1) is 12.8 Å². The third-order valence-corrected chi connectivity index (χ3v) is 4.46. The predicted molar refractivity (Wildman–Crippen MR) is 90.7 cm³/mol. The summed E-state index contributed by atoms with van der Waals surface area (Å²) in [6, 6.07) is 4.50. The molecule has 0 unspecified atom stereocenters. The van der Waals surface area contributed by atoms with Crippen molar-refractivity contribution in [2.24, 2.45) is 5.92 Å². The van der Waals surface area contributed by atoms with Crippen molar-refractivity contribution in [1.29, 1.82) is 0 Å². The van der Waals surface area contributed by atoms with E-state index in [2.05, 4.69) is 30.1 Å². The highest BCUT2D eigenvalue weighted by molar-refractivity contribution is 6.31. The van der Waals surface area contributed by atoms with Gasteiger partial charge in [-0.05, 0) is 37.3 Å². The summed E-state index contributed by atoms with van der Waals surface area (Å²) in [5.74, 6) is 1.57. The Bertz CT molecular complexity index is 468. The number of hydrogen-bond acceptors (Lipinski definition) is 3. The molecule has 118 valence electrons. The highest BCUT2D eigenvalue weighted by Crippen LogP contribution is 2.32. The van der Waals surface area contributed by atoms with Crippen LogP contribution in [0.3, 0.4) is 0 Å². The van der Waals surface area contributed by atoms with Gasteiger partial charge in [-0.1, -0.05) is 25.4 Å². The van der Waals surface area contributed by atoms with Crippen LogP contribution in [0.4, 0.5) is 5.69 Å².